The Morgan fingerprint density at radius 3 is 2.83 bits per heavy atom. The zero-order valence-corrected chi connectivity index (χ0v) is 11.2. The molecule has 1 fully saturated rings. The molecule has 3 unspecified atom stereocenters. The third kappa shape index (κ3) is 2.19. The van der Waals surface area contributed by atoms with Gasteiger partial charge in [-0.2, -0.15) is 0 Å². The molecule has 0 saturated carbocycles. The lowest BCUT2D eigenvalue weighted by Gasteiger charge is -2.43. The van der Waals surface area contributed by atoms with Crippen molar-refractivity contribution in [2.45, 2.75) is 50.7 Å². The highest BCUT2D eigenvalue weighted by atomic mass is 16.3. The molecule has 2 N–H and O–H groups in total. The van der Waals surface area contributed by atoms with Gasteiger partial charge in [0.2, 0.25) is 0 Å². The van der Waals surface area contributed by atoms with Gasteiger partial charge in [0.25, 0.3) is 0 Å². The van der Waals surface area contributed by atoms with Gasteiger partial charge in [-0.3, -0.25) is 0 Å². The van der Waals surface area contributed by atoms with Crippen LogP contribution in [-0.4, -0.2) is 23.3 Å². The molecule has 3 rings (SSSR count). The molecule has 1 heterocycles. The molecule has 2 aliphatic rings. The normalized spacial score (nSPS) is 36.1. The van der Waals surface area contributed by atoms with Gasteiger partial charge in [-0.25, -0.2) is 0 Å². The molecule has 2 heteroatoms. The Labute approximate surface area is 109 Å². The second-order valence-electron chi connectivity index (χ2n) is 6.19. The van der Waals surface area contributed by atoms with Gasteiger partial charge in [0.05, 0.1) is 5.60 Å². The molecule has 1 aliphatic heterocycles. The van der Waals surface area contributed by atoms with Crippen molar-refractivity contribution in [3.05, 3.63) is 35.4 Å². The summed E-state index contributed by atoms with van der Waals surface area (Å²) in [6.45, 7) is 3.35. The van der Waals surface area contributed by atoms with Crippen LogP contribution in [0.5, 0.6) is 0 Å². The average molecular weight is 245 g/mol. The molecule has 1 aromatic rings. The minimum absolute atomic E-state index is 0.273. The van der Waals surface area contributed by atoms with E-state index in [1.807, 2.05) is 0 Å². The summed E-state index contributed by atoms with van der Waals surface area (Å²) in [6, 6.07) is 8.83. The van der Waals surface area contributed by atoms with E-state index in [0.717, 1.165) is 38.1 Å². The van der Waals surface area contributed by atoms with Gasteiger partial charge in [0.15, 0.2) is 0 Å². The highest BCUT2D eigenvalue weighted by Gasteiger charge is 2.40. The number of rotatable bonds is 1. The molecular weight excluding hydrogens is 222 g/mol. The van der Waals surface area contributed by atoms with Crippen LogP contribution in [0.4, 0.5) is 0 Å². The number of benzene rings is 1. The first-order valence-corrected chi connectivity index (χ1v) is 7.20. The van der Waals surface area contributed by atoms with Crippen molar-refractivity contribution in [1.29, 1.82) is 0 Å². The Morgan fingerprint density at radius 1 is 1.28 bits per heavy atom. The quantitative estimate of drug-likeness (QED) is 0.795. The zero-order valence-electron chi connectivity index (χ0n) is 11.2. The maximum absolute atomic E-state index is 11.0. The van der Waals surface area contributed by atoms with E-state index in [-0.39, 0.29) is 6.04 Å². The number of aryl methyl sites for hydroxylation is 1. The lowest BCUT2D eigenvalue weighted by Crippen LogP contribution is -2.56. The fourth-order valence-electron chi connectivity index (χ4n) is 3.56. The molecule has 1 aromatic carbocycles. The fourth-order valence-corrected chi connectivity index (χ4v) is 3.56. The van der Waals surface area contributed by atoms with E-state index in [0.29, 0.717) is 0 Å². The summed E-state index contributed by atoms with van der Waals surface area (Å²) < 4.78 is 0. The summed E-state index contributed by atoms with van der Waals surface area (Å²) >= 11 is 0. The summed E-state index contributed by atoms with van der Waals surface area (Å²) in [7, 11) is 0. The number of aliphatic hydroxyl groups is 1. The molecular formula is C16H23NO. The molecule has 1 saturated heterocycles. The number of nitrogens with one attached hydrogen (secondary N) is 1. The first kappa shape index (κ1) is 12.2. The smallest absolute Gasteiger partial charge is 0.0843 e. The van der Waals surface area contributed by atoms with Gasteiger partial charge >= 0.3 is 0 Å². The van der Waals surface area contributed by atoms with Crippen LogP contribution in [0.15, 0.2) is 24.3 Å². The van der Waals surface area contributed by atoms with Crippen LogP contribution in [0.3, 0.4) is 0 Å². The van der Waals surface area contributed by atoms with Crippen molar-refractivity contribution in [2.24, 2.45) is 5.92 Å². The van der Waals surface area contributed by atoms with Crippen LogP contribution in [-0.2, 0) is 12.8 Å². The summed E-state index contributed by atoms with van der Waals surface area (Å²) in [6.07, 6.45) is 5.07. The van der Waals surface area contributed by atoms with E-state index < -0.39 is 5.60 Å². The van der Waals surface area contributed by atoms with E-state index in [1.54, 1.807) is 0 Å². The number of piperidine rings is 1. The van der Waals surface area contributed by atoms with Crippen molar-refractivity contribution in [3.8, 4) is 0 Å². The maximum Gasteiger partial charge on any atom is 0.0843 e. The lowest BCUT2D eigenvalue weighted by molar-refractivity contribution is -0.0248. The summed E-state index contributed by atoms with van der Waals surface area (Å²) in [5, 5.41) is 14.5. The molecule has 98 valence electrons. The maximum atomic E-state index is 11.0. The molecule has 18 heavy (non-hydrogen) atoms. The molecule has 0 bridgehead atoms. The first-order chi connectivity index (χ1) is 8.67. The fraction of sp³-hybridized carbons (Fsp3) is 0.625. The van der Waals surface area contributed by atoms with Crippen molar-refractivity contribution in [1.82, 2.24) is 5.32 Å². The van der Waals surface area contributed by atoms with Crippen LogP contribution in [0, 0.1) is 5.92 Å². The summed E-state index contributed by atoms with van der Waals surface area (Å²) in [5.41, 5.74) is 2.22. The van der Waals surface area contributed by atoms with Crippen LogP contribution in [0.25, 0.3) is 0 Å². The number of hydrogen-bond acceptors (Lipinski definition) is 2. The molecule has 0 aromatic heterocycles. The Balaban J connectivity index is 1.80. The molecule has 0 amide bonds. The van der Waals surface area contributed by atoms with Gasteiger partial charge in [-0.15, -0.1) is 0 Å². The highest BCUT2D eigenvalue weighted by molar-refractivity contribution is 5.32. The van der Waals surface area contributed by atoms with Crippen molar-refractivity contribution in [2.75, 3.05) is 6.54 Å². The second-order valence-corrected chi connectivity index (χ2v) is 6.19. The van der Waals surface area contributed by atoms with Gasteiger partial charge in [-0.1, -0.05) is 31.2 Å². The third-order valence-electron chi connectivity index (χ3n) is 4.76. The molecule has 0 spiro atoms. The van der Waals surface area contributed by atoms with Gasteiger partial charge < -0.3 is 10.4 Å². The van der Waals surface area contributed by atoms with E-state index in [2.05, 4.69) is 36.5 Å². The summed E-state index contributed by atoms with van der Waals surface area (Å²) in [4.78, 5) is 0. The van der Waals surface area contributed by atoms with Crippen molar-refractivity contribution < 1.29 is 5.11 Å². The van der Waals surface area contributed by atoms with E-state index in [9.17, 15) is 5.11 Å². The molecule has 2 nitrogen and oxygen atoms in total. The standard InChI is InChI=1S/C16H23NO/c1-12-7-9-17-15(10-12)16(18)8-6-13-4-2-3-5-14(13)11-16/h2-5,12,15,17-18H,6-11H2,1H3. The minimum Gasteiger partial charge on any atom is -0.388 e. The zero-order chi connectivity index (χ0) is 12.6. The number of fused-ring (bicyclic) bond motifs is 1. The summed E-state index contributed by atoms with van der Waals surface area (Å²) in [5.74, 6) is 0.734. The SMILES string of the molecule is CC1CCNC(C2(O)CCc3ccccc3C2)C1. The van der Waals surface area contributed by atoms with E-state index in [4.69, 9.17) is 0 Å². The predicted molar refractivity (Wildman–Crippen MR) is 73.6 cm³/mol. The molecule has 3 atom stereocenters. The Morgan fingerprint density at radius 2 is 2.06 bits per heavy atom. The van der Waals surface area contributed by atoms with Gasteiger partial charge in [-0.05, 0) is 49.3 Å². The molecule has 0 radical (unpaired) electrons. The predicted octanol–water partition coefficient (Wildman–Crippen LogP) is 2.29. The monoisotopic (exact) mass is 245 g/mol. The van der Waals surface area contributed by atoms with E-state index >= 15 is 0 Å². The topological polar surface area (TPSA) is 32.3 Å². The largest absolute Gasteiger partial charge is 0.388 e. The van der Waals surface area contributed by atoms with Crippen molar-refractivity contribution >= 4 is 0 Å². The van der Waals surface area contributed by atoms with Crippen LogP contribution >= 0.6 is 0 Å². The van der Waals surface area contributed by atoms with E-state index in [1.165, 1.54) is 17.5 Å². The third-order valence-corrected chi connectivity index (χ3v) is 4.76. The van der Waals surface area contributed by atoms with Gasteiger partial charge in [0.1, 0.15) is 0 Å². The first-order valence-electron chi connectivity index (χ1n) is 7.20. The van der Waals surface area contributed by atoms with Gasteiger partial charge in [0, 0.05) is 12.5 Å². The van der Waals surface area contributed by atoms with Crippen molar-refractivity contribution in [3.63, 3.8) is 0 Å². The highest BCUT2D eigenvalue weighted by Crippen LogP contribution is 2.34. The lowest BCUT2D eigenvalue weighted by atomic mass is 9.73. The Bertz CT molecular complexity index is 431. The average Bonchev–Trinajstić information content (AvgIpc) is 2.38. The van der Waals surface area contributed by atoms with Crippen LogP contribution in [0.2, 0.25) is 0 Å². The second kappa shape index (κ2) is 4.67. The Kier molecular flexibility index (Phi) is 3.16. The minimum atomic E-state index is -0.539. The van der Waals surface area contributed by atoms with Crippen LogP contribution in [0.1, 0.15) is 37.3 Å². The number of hydrogen-bond donors (Lipinski definition) is 2. The molecule has 1 aliphatic carbocycles. The Hall–Kier alpha value is -0.860. The van der Waals surface area contributed by atoms with Crippen LogP contribution < -0.4 is 5.32 Å².